The number of pyridine rings is 3. The van der Waals surface area contributed by atoms with Crippen LogP contribution in [-0.4, -0.2) is 230 Å². The van der Waals surface area contributed by atoms with Crippen LogP contribution >= 0.6 is 69.6 Å². The molecule has 0 spiro atoms. The molecule has 0 unspecified atom stereocenters. The Labute approximate surface area is 728 Å². The zero-order valence-electron chi connectivity index (χ0n) is 68.0. The number of piperidine rings is 4. The van der Waals surface area contributed by atoms with Crippen LogP contribution in [0.1, 0.15) is 132 Å². The Kier molecular flexibility index (Phi) is 34.4. The lowest BCUT2D eigenvalue weighted by Crippen LogP contribution is -2.43. The van der Waals surface area contributed by atoms with E-state index in [1.165, 1.54) is 34.4 Å². The number of thioether (sulfide) groups is 1. The maximum absolute atomic E-state index is 12.9. The molecule has 13 heterocycles. The molecule has 29 nitrogen and oxygen atoms in total. The minimum Gasteiger partial charge on any atom is -0.475 e. The zero-order valence-corrected chi connectivity index (χ0v) is 72.8. The number of amides is 5. The highest BCUT2D eigenvalue weighted by Gasteiger charge is 2.46. The molecule has 3 saturated carbocycles. The fraction of sp³-hybridized carbons (Fsp3) is 0.532. The molecule has 9 aromatic heterocycles. The number of fused-ring (bicyclic) bond motifs is 3. The van der Waals surface area contributed by atoms with Crippen LogP contribution in [0, 0.1) is 17.8 Å². The van der Waals surface area contributed by atoms with Crippen molar-refractivity contribution in [3.05, 3.63) is 106 Å². The number of aldehydes is 1. The van der Waals surface area contributed by atoms with Gasteiger partial charge in [0, 0.05) is 48.8 Å². The van der Waals surface area contributed by atoms with Crippen LogP contribution in [0.3, 0.4) is 0 Å². The van der Waals surface area contributed by atoms with Crippen molar-refractivity contribution in [2.75, 3.05) is 74.6 Å². The Morgan fingerprint density at radius 2 is 0.886 bits per heavy atom. The SMILES string of the molecule is CC(C)(C)OC(=O)N1CCC(O)CC1.CSC(=S)OC1CCN(C(=O)OC(C)(C)C)CC1.FC(F)(F)OC1CCNCC1.FC(F)(F)OC1CCNCC1.O=C(Nc1nc2cccc(-c3ccc(CCl)s3)n2n1)[C@H]1C[C@@H]1F.O=C(Nc1nc2cccc(-c3ccc(CO)s3)n2n1)[C@H]1C[C@@H]1F.O=Cc1ccc(-c2cccc3nc(NC(=O)[C@H]4C[C@@H]4F)nn23)s1. The summed E-state index contributed by atoms with van der Waals surface area (Å²) in [6.07, 6.45) is -5.83. The van der Waals surface area contributed by atoms with Gasteiger partial charge in [0.15, 0.2) is 23.2 Å². The van der Waals surface area contributed by atoms with Crippen molar-refractivity contribution in [3.63, 3.8) is 0 Å². The maximum atomic E-state index is 12.9. The Bertz CT molecular complexity index is 4840. The molecule has 670 valence electrons. The fourth-order valence-corrected chi connectivity index (χ4v) is 15.5. The third kappa shape index (κ3) is 30.5. The summed E-state index contributed by atoms with van der Waals surface area (Å²) in [6.45, 7) is 16.1. The number of aliphatic hydroxyl groups excluding tert-OH is 2. The number of anilines is 3. The third-order valence-electron chi connectivity index (χ3n) is 18.9. The van der Waals surface area contributed by atoms with Crippen LogP contribution in [0.25, 0.3) is 48.7 Å². The van der Waals surface area contributed by atoms with Crippen molar-refractivity contribution in [1.29, 1.82) is 0 Å². The first-order valence-electron chi connectivity index (χ1n) is 39.4. The number of aromatic nitrogens is 9. The van der Waals surface area contributed by atoms with Crippen molar-refractivity contribution in [1.82, 2.24) is 64.2 Å². The summed E-state index contributed by atoms with van der Waals surface area (Å²) in [5.74, 6) is -1.91. The molecule has 4 aliphatic heterocycles. The molecule has 6 atom stereocenters. The third-order valence-corrected chi connectivity index (χ3v) is 23.6. The molecule has 9 aromatic rings. The number of carbonyl (C=O) groups excluding carboxylic acids is 6. The number of ether oxygens (including phenoxy) is 5. The largest absolute Gasteiger partial charge is 0.522 e. The second kappa shape index (κ2) is 43.9. The van der Waals surface area contributed by atoms with Gasteiger partial charge in [-0.05, 0) is 217 Å². The van der Waals surface area contributed by atoms with E-state index in [9.17, 15) is 78.5 Å². The van der Waals surface area contributed by atoms with Gasteiger partial charge in [0.1, 0.15) is 35.8 Å². The number of alkyl halides is 10. The van der Waals surface area contributed by atoms with Gasteiger partial charge in [-0.15, -0.1) is 87.2 Å². The summed E-state index contributed by atoms with van der Waals surface area (Å²) >= 11 is 16.7. The number of carbonyl (C=O) groups is 6. The van der Waals surface area contributed by atoms with Gasteiger partial charge in [-0.25, -0.2) is 36.3 Å². The topological polar surface area (TPSA) is 346 Å². The first-order valence-corrected chi connectivity index (χ1v) is 44.1. The Morgan fingerprint density at radius 3 is 1.20 bits per heavy atom. The van der Waals surface area contributed by atoms with Gasteiger partial charge in [0.25, 0.3) is 0 Å². The molecular weight excluding hydrogens is 1750 g/mol. The van der Waals surface area contributed by atoms with Crippen molar-refractivity contribution in [2.24, 2.45) is 17.8 Å². The first kappa shape index (κ1) is 96.5. The van der Waals surface area contributed by atoms with Crippen molar-refractivity contribution >= 4 is 145 Å². The van der Waals surface area contributed by atoms with E-state index in [0.717, 1.165) is 60.6 Å². The minimum absolute atomic E-state index is 0.00884. The van der Waals surface area contributed by atoms with Gasteiger partial charge in [0.05, 0.1) is 85.1 Å². The Morgan fingerprint density at radius 1 is 0.537 bits per heavy atom. The van der Waals surface area contributed by atoms with Crippen LogP contribution in [0.4, 0.5) is 66.9 Å². The molecule has 7 fully saturated rings. The predicted molar refractivity (Wildman–Crippen MR) is 452 cm³/mol. The van der Waals surface area contributed by atoms with E-state index in [2.05, 4.69) is 66.3 Å². The Hall–Kier alpha value is -8.76. The summed E-state index contributed by atoms with van der Waals surface area (Å²) in [5, 5.41) is 44.9. The first-order chi connectivity index (χ1) is 58.3. The van der Waals surface area contributed by atoms with Crippen LogP contribution in [-0.2, 0) is 50.6 Å². The molecule has 16 rings (SSSR count). The van der Waals surface area contributed by atoms with E-state index < -0.39 is 78.3 Å². The molecule has 4 saturated heterocycles. The van der Waals surface area contributed by atoms with E-state index in [4.69, 9.17) is 38.0 Å². The van der Waals surface area contributed by atoms with Crippen LogP contribution < -0.4 is 26.6 Å². The number of thiocarbonyl (C=S) groups is 1. The number of nitrogens with one attached hydrogen (secondary N) is 5. The molecule has 44 heteroatoms. The predicted octanol–water partition coefficient (Wildman–Crippen LogP) is 15.3. The van der Waals surface area contributed by atoms with Crippen LogP contribution in [0.2, 0.25) is 0 Å². The smallest absolute Gasteiger partial charge is 0.475 e. The summed E-state index contributed by atoms with van der Waals surface area (Å²) in [4.78, 5) is 91.1. The van der Waals surface area contributed by atoms with Crippen molar-refractivity contribution in [3.8, 4) is 31.7 Å². The van der Waals surface area contributed by atoms with Crippen molar-refractivity contribution < 1.29 is 102 Å². The number of thiophene rings is 3. The van der Waals surface area contributed by atoms with Crippen molar-refractivity contribution in [2.45, 2.75) is 192 Å². The van der Waals surface area contributed by atoms with E-state index in [1.54, 1.807) is 58.9 Å². The molecule has 0 aromatic carbocycles. The van der Waals surface area contributed by atoms with Gasteiger partial charge in [-0.2, -0.15) is 15.0 Å². The average molecular weight is 1840 g/mol. The number of aliphatic hydroxyl groups is 2. The highest BCUT2D eigenvalue weighted by molar-refractivity contribution is 8.22. The van der Waals surface area contributed by atoms with Gasteiger partial charge >= 0.3 is 24.9 Å². The summed E-state index contributed by atoms with van der Waals surface area (Å²) in [5.41, 5.74) is 3.34. The zero-order chi connectivity index (χ0) is 89.1. The molecule has 3 aliphatic carbocycles. The van der Waals surface area contributed by atoms with E-state index in [-0.39, 0.29) is 79.9 Å². The highest BCUT2D eigenvalue weighted by atomic mass is 35.5. The molecular formula is C79H96ClF9N16O13S5. The van der Waals surface area contributed by atoms with E-state index in [1.807, 2.05) is 115 Å². The van der Waals surface area contributed by atoms with E-state index >= 15 is 0 Å². The molecule has 0 bridgehead atoms. The summed E-state index contributed by atoms with van der Waals surface area (Å²) in [6, 6.07) is 27.8. The Balaban J connectivity index is 0.000000153. The summed E-state index contributed by atoms with van der Waals surface area (Å²) in [7, 11) is 0. The minimum atomic E-state index is -4.47. The quantitative estimate of drug-likeness (QED) is 0.0217. The second-order valence-corrected chi connectivity index (χ2v) is 36.1. The van der Waals surface area contributed by atoms with E-state index in [0.29, 0.717) is 123 Å². The number of likely N-dealkylation sites (tertiary alicyclic amines) is 2. The highest BCUT2D eigenvalue weighted by Crippen LogP contribution is 2.39. The fourth-order valence-electron chi connectivity index (χ4n) is 12.3. The lowest BCUT2D eigenvalue weighted by Gasteiger charge is -2.33. The van der Waals surface area contributed by atoms with Gasteiger partial charge in [-0.3, -0.25) is 44.6 Å². The second-order valence-electron chi connectivity index (χ2n) is 31.0. The number of nitrogens with zero attached hydrogens (tertiary/aromatic N) is 11. The molecule has 5 amide bonds. The molecule has 123 heavy (non-hydrogen) atoms. The van der Waals surface area contributed by atoms with Gasteiger partial charge in [0.2, 0.25) is 39.9 Å². The van der Waals surface area contributed by atoms with Gasteiger partial charge < -0.3 is 44.9 Å². The van der Waals surface area contributed by atoms with Crippen LogP contribution in [0.15, 0.2) is 91.0 Å². The standard InChI is InChI=1S/C15H12ClFN4OS.C15H13FN4O2S.C15H11FN4O2S.C12H21NO3S2.C10H19NO3.2C6H10F3NO/c16-7-8-4-5-12(23-8)11-2-1-3-13-18-15(20-21(11)13)19-14(22)9-6-10(9)17;2*16-10-6-9(10)14(22)18-15-17-13-3-1-2-11(20(13)19-15)12-5-4-8(7-21)23-12;1-12(2,3)16-10(14)13-7-5-9(6-8-13)15-11(17)18-4;1-10(2,3)14-9(13)11-6-4-8(12)5-7-11;2*7-6(8,9)11-5-1-3-10-4-2-5/h1-5,9-10H,6-7H2,(H,19,20,22);1-5,9-10,21H,6-7H2,(H,18,19,22);1-5,7,9-10H,6H2,(H,18,19,22);9H,5-8H2,1-4H3;8,12H,4-7H2,1-3H3;2*5,10H,1-4H2/t3*9-,10-;;;;/m000..../s1. The van der Waals surface area contributed by atoms with Crippen LogP contribution in [0.5, 0.6) is 0 Å². The summed E-state index contributed by atoms with van der Waals surface area (Å²) < 4.78 is 138. The number of halogens is 10. The lowest BCUT2D eigenvalue weighted by atomic mass is 10.1. The number of rotatable bonds is 15. The van der Waals surface area contributed by atoms with Gasteiger partial charge in [-0.1, -0.05) is 30.0 Å². The normalized spacial score (nSPS) is 19.9. The number of hydrogen-bond acceptors (Lipinski definition) is 26. The average Bonchev–Trinajstić information content (AvgIpc) is 1.65. The maximum Gasteiger partial charge on any atom is 0.522 e. The lowest BCUT2D eigenvalue weighted by molar-refractivity contribution is -0.345. The molecule has 0 radical (unpaired) electrons. The monoisotopic (exact) mass is 1840 g/mol. The molecule has 7 N–H and O–H groups in total. The molecule has 7 aliphatic rings. The number of hydrogen-bond donors (Lipinski definition) is 7.